The minimum atomic E-state index is -1.40. The van der Waals surface area contributed by atoms with Crippen LogP contribution in [0, 0.1) is 13.8 Å². The van der Waals surface area contributed by atoms with Gasteiger partial charge in [0, 0.05) is 61.7 Å². The second-order valence-electron chi connectivity index (χ2n) is 37.1. The lowest BCUT2D eigenvalue weighted by Crippen LogP contribution is -2.31. The van der Waals surface area contributed by atoms with E-state index in [1.54, 1.807) is 52.0 Å². The Kier molecular flexibility index (Phi) is 33.3. The molecule has 10 aromatic carbocycles. The molecular weight excluding hydrogens is 1680 g/mol. The van der Waals surface area contributed by atoms with E-state index >= 15 is 0 Å². The Balaban J connectivity index is 0.000000226. The monoisotopic (exact) mass is 1810 g/mol. The number of carbonyl (C=O) groups excluding carboxylic acids is 2. The van der Waals surface area contributed by atoms with Crippen molar-refractivity contribution < 1.29 is 40.2 Å². The molecule has 0 aromatic heterocycles. The van der Waals surface area contributed by atoms with Crippen molar-refractivity contribution in [3.63, 3.8) is 0 Å². The number of alkyl halides is 4. The maximum Gasteiger partial charge on any atom is 0.193 e. The van der Waals surface area contributed by atoms with Crippen LogP contribution in [0.1, 0.15) is 283 Å². The van der Waals surface area contributed by atoms with Crippen LogP contribution in [0.4, 0.5) is 0 Å². The zero-order chi connectivity index (χ0) is 86.5. The summed E-state index contributed by atoms with van der Waals surface area (Å²) in [5.41, 5.74) is 16.7. The first kappa shape index (κ1) is 97.1. The Morgan fingerprint density at radius 1 is 0.261 bits per heavy atom. The number of hydrogen-bond acceptors (Lipinski definition) is 8. The highest BCUT2D eigenvalue weighted by Crippen LogP contribution is 2.41. The third kappa shape index (κ3) is 27.6. The summed E-state index contributed by atoms with van der Waals surface area (Å²) in [4.78, 5) is 24.1. The van der Waals surface area contributed by atoms with Gasteiger partial charge in [-0.2, -0.15) is 0 Å². The van der Waals surface area contributed by atoms with Crippen molar-refractivity contribution >= 4 is 75.3 Å². The standard InChI is InChI=1S/C23H30Br2O2.C23H28O4.C23H32O2.C17H18Br2.C17H20/c2*1-21(2,17-11-7-15(8-12-17)19(24)22(3,4)26)18-13-9-16(10-14-18)20(25)23(5,6)27;1-21(2,24)15-17-7-11-19(12-8-17)23(5,6)20-13-9-18(10-14-20)16-22(3,4)25;1-17(2,15-7-3-13(11-18)4-8-15)16-9-5-14(12-19)6-10-16;1-13-5-9-15(10-6-13)17(3,4)16-11-7-14(2)8-12-16/h7-14,19-20,26-27H,1-6H3;7-14,26-27H,1-6H3;7-14,24-25H,15-16H2,1-6H3;3-10H,11-12H2,1-2H3;5-12H,1-4H3. The van der Waals surface area contributed by atoms with Crippen molar-refractivity contribution in [2.45, 2.75) is 260 Å². The number of halogens is 4. The van der Waals surface area contributed by atoms with Crippen molar-refractivity contribution in [2.75, 3.05) is 0 Å². The predicted molar refractivity (Wildman–Crippen MR) is 497 cm³/mol. The van der Waals surface area contributed by atoms with E-state index < -0.39 is 33.6 Å². The highest BCUT2D eigenvalue weighted by atomic mass is 79.9. The summed E-state index contributed by atoms with van der Waals surface area (Å²) < 4.78 is 0. The second kappa shape index (κ2) is 39.4. The van der Waals surface area contributed by atoms with Crippen molar-refractivity contribution in [3.05, 3.63) is 354 Å². The van der Waals surface area contributed by atoms with E-state index in [0.717, 1.165) is 44.0 Å². The van der Waals surface area contributed by atoms with Gasteiger partial charge in [-0.3, -0.25) is 9.59 Å². The molecule has 0 saturated heterocycles. The van der Waals surface area contributed by atoms with Crippen molar-refractivity contribution in [1.82, 2.24) is 0 Å². The van der Waals surface area contributed by atoms with Crippen LogP contribution in [0.2, 0.25) is 0 Å². The summed E-state index contributed by atoms with van der Waals surface area (Å²) in [5, 5.41) is 61.9. The van der Waals surface area contributed by atoms with Crippen LogP contribution >= 0.6 is 63.7 Å². The number of carbonyl (C=O) groups is 2. The zero-order valence-electron chi connectivity index (χ0n) is 72.6. The topological polar surface area (TPSA) is 156 Å². The molecule has 0 fully saturated rings. The average Bonchev–Trinajstić information content (AvgIpc) is 0.799. The molecule has 8 nitrogen and oxygen atoms in total. The molecule has 0 saturated carbocycles. The number of aryl methyl sites for hydroxylation is 2. The van der Waals surface area contributed by atoms with E-state index in [1.807, 2.05) is 52.0 Å². The van der Waals surface area contributed by atoms with Gasteiger partial charge >= 0.3 is 0 Å². The first-order chi connectivity index (χ1) is 52.9. The average molecular weight is 1810 g/mol. The van der Waals surface area contributed by atoms with Crippen LogP contribution < -0.4 is 0 Å². The van der Waals surface area contributed by atoms with Crippen molar-refractivity contribution in [3.8, 4) is 0 Å². The van der Waals surface area contributed by atoms with E-state index in [9.17, 15) is 40.2 Å². The molecule has 2 unspecified atom stereocenters. The largest absolute Gasteiger partial charge is 0.390 e. The van der Waals surface area contributed by atoms with Crippen molar-refractivity contribution in [2.24, 2.45) is 0 Å². The minimum Gasteiger partial charge on any atom is -0.390 e. The summed E-state index contributed by atoms with van der Waals surface area (Å²) in [6.45, 7) is 46.8. The summed E-state index contributed by atoms with van der Waals surface area (Å²) in [5.74, 6) is -0.636. The molecular formula is C103H128Br4O8. The van der Waals surface area contributed by atoms with Crippen LogP contribution in [-0.2, 0) is 50.6 Å². The van der Waals surface area contributed by atoms with Gasteiger partial charge in [-0.25, -0.2) is 0 Å². The summed E-state index contributed by atoms with van der Waals surface area (Å²) in [7, 11) is 0. The lowest BCUT2D eigenvalue weighted by atomic mass is 9.77. The van der Waals surface area contributed by atoms with Gasteiger partial charge in [-0.05, 0) is 186 Å². The lowest BCUT2D eigenvalue weighted by molar-refractivity contribution is 0.0487. The van der Waals surface area contributed by atoms with Gasteiger partial charge in [0.05, 0.1) is 32.1 Å². The van der Waals surface area contributed by atoms with Gasteiger partial charge in [0.2, 0.25) is 0 Å². The first-order valence-corrected chi connectivity index (χ1v) is 43.8. The van der Waals surface area contributed by atoms with Gasteiger partial charge in [-0.1, -0.05) is 387 Å². The molecule has 2 atom stereocenters. The van der Waals surface area contributed by atoms with E-state index in [2.05, 4.69) is 341 Å². The third-order valence-electron chi connectivity index (χ3n) is 21.8. The number of rotatable bonds is 24. The molecule has 0 bridgehead atoms. The summed E-state index contributed by atoms with van der Waals surface area (Å²) >= 11 is 14.2. The maximum atomic E-state index is 12.2. The maximum absolute atomic E-state index is 12.2. The van der Waals surface area contributed by atoms with Gasteiger partial charge in [0.15, 0.2) is 11.6 Å². The molecule has 0 heterocycles. The van der Waals surface area contributed by atoms with E-state index in [1.165, 1.54) is 94.5 Å². The van der Waals surface area contributed by atoms with Crippen LogP contribution in [0.15, 0.2) is 243 Å². The highest BCUT2D eigenvalue weighted by molar-refractivity contribution is 9.09. The van der Waals surface area contributed by atoms with Crippen LogP contribution in [0.25, 0.3) is 0 Å². The fourth-order valence-electron chi connectivity index (χ4n) is 13.6. The lowest BCUT2D eigenvalue weighted by Gasteiger charge is -2.29. The van der Waals surface area contributed by atoms with E-state index in [4.69, 9.17) is 0 Å². The third-order valence-corrected chi connectivity index (χ3v) is 26.4. The number of aliphatic hydroxyl groups is 6. The summed E-state index contributed by atoms with van der Waals surface area (Å²) in [6.07, 6.45) is 1.30. The van der Waals surface area contributed by atoms with Gasteiger partial charge in [0.1, 0.15) is 11.2 Å². The molecule has 0 aliphatic heterocycles. The molecule has 0 aliphatic carbocycles. The summed E-state index contributed by atoms with van der Waals surface area (Å²) in [6, 6.07) is 83.7. The Bertz CT molecular complexity index is 4400. The van der Waals surface area contributed by atoms with Gasteiger partial charge in [-0.15, -0.1) is 0 Å². The van der Waals surface area contributed by atoms with Crippen molar-refractivity contribution in [1.29, 1.82) is 0 Å². The predicted octanol–water partition coefficient (Wildman–Crippen LogP) is 25.4. The fraction of sp³-hybridized carbons (Fsp3) is 0.398. The Labute approximate surface area is 723 Å². The Morgan fingerprint density at radius 2 is 0.426 bits per heavy atom. The fourth-order valence-corrected chi connectivity index (χ4v) is 15.0. The molecule has 0 radical (unpaired) electrons. The quantitative estimate of drug-likeness (QED) is 0.0258. The minimum absolute atomic E-state index is 0.0374. The highest BCUT2D eigenvalue weighted by Gasteiger charge is 2.33. The van der Waals surface area contributed by atoms with Crippen LogP contribution in [-0.4, -0.2) is 75.8 Å². The SMILES string of the molecule is CC(C)(O)C(=O)c1ccc(C(C)(C)c2ccc(C(=O)C(C)(C)O)cc2)cc1.CC(C)(O)Cc1ccc(C(C)(C)c2ccc(CC(C)(C)O)cc2)cc1.CC(C)(c1ccc(C(Br)C(C)(C)O)cc1)c1ccc(C(Br)C(C)(C)O)cc1.CC(C)(c1ccc(CBr)cc1)c1ccc(CBr)cc1.Cc1ccc(C(C)(C)c2ccc(C)cc2)cc1. The molecule has 6 N–H and O–H groups in total. The number of hydrogen-bond donors (Lipinski definition) is 6. The van der Waals surface area contributed by atoms with E-state index in [0.29, 0.717) is 24.0 Å². The Morgan fingerprint density at radius 3 is 0.591 bits per heavy atom. The smallest absolute Gasteiger partial charge is 0.193 e. The molecule has 10 aromatic rings. The number of benzene rings is 10. The molecule has 0 spiro atoms. The molecule has 616 valence electrons. The Hall–Kier alpha value is -6.78. The molecule has 115 heavy (non-hydrogen) atoms. The van der Waals surface area contributed by atoms with Gasteiger partial charge in [0.25, 0.3) is 0 Å². The van der Waals surface area contributed by atoms with E-state index in [-0.39, 0.29) is 48.3 Å². The molecule has 12 heteroatoms. The van der Waals surface area contributed by atoms with Gasteiger partial charge < -0.3 is 30.6 Å². The normalized spacial score (nSPS) is 13.1. The number of Topliss-reactive ketones (excluding diaryl/α,β-unsaturated/α-hetero) is 2. The zero-order valence-corrected chi connectivity index (χ0v) is 78.9. The number of ketones is 2. The van der Waals surface area contributed by atoms with Crippen LogP contribution in [0.5, 0.6) is 0 Å². The molecule has 10 rings (SSSR count). The molecule has 0 aliphatic rings. The second-order valence-corrected chi connectivity index (χ2v) is 40.1. The van der Waals surface area contributed by atoms with Crippen LogP contribution in [0.3, 0.4) is 0 Å². The molecule has 0 amide bonds. The first-order valence-electron chi connectivity index (χ1n) is 39.7.